The van der Waals surface area contributed by atoms with E-state index in [4.69, 9.17) is 14.5 Å². The summed E-state index contributed by atoms with van der Waals surface area (Å²) in [5, 5.41) is 0.670. The first kappa shape index (κ1) is 21.7. The number of hydrogen-bond donors (Lipinski definition) is 0. The van der Waals surface area contributed by atoms with Gasteiger partial charge in [-0.25, -0.2) is 9.37 Å². The average Bonchev–Trinajstić information content (AvgIpc) is 3.19. The number of amides is 1. The zero-order valence-corrected chi connectivity index (χ0v) is 18.4. The maximum atomic E-state index is 13.3. The quantitative estimate of drug-likeness (QED) is 0.531. The molecule has 0 N–H and O–H groups in total. The Kier molecular flexibility index (Phi) is 7.11. The van der Waals surface area contributed by atoms with Crippen molar-refractivity contribution in [2.24, 2.45) is 0 Å². The molecule has 1 fully saturated rings. The summed E-state index contributed by atoms with van der Waals surface area (Å²) in [5.74, 6) is 0.434. The molecular formula is C23H26FN3O3S. The first-order chi connectivity index (χ1) is 15.1. The fourth-order valence-corrected chi connectivity index (χ4v) is 4.57. The van der Waals surface area contributed by atoms with Gasteiger partial charge in [-0.1, -0.05) is 23.5 Å². The topological polar surface area (TPSA) is 54.9 Å². The first-order valence-corrected chi connectivity index (χ1v) is 11.3. The Morgan fingerprint density at radius 3 is 2.74 bits per heavy atom. The van der Waals surface area contributed by atoms with E-state index in [9.17, 15) is 9.18 Å². The second kappa shape index (κ2) is 10.2. The zero-order chi connectivity index (χ0) is 21.6. The zero-order valence-electron chi connectivity index (χ0n) is 17.6. The monoisotopic (exact) mass is 443 g/mol. The summed E-state index contributed by atoms with van der Waals surface area (Å²) < 4.78 is 25.2. The summed E-state index contributed by atoms with van der Waals surface area (Å²) in [7, 11) is 0. The lowest BCUT2D eigenvalue weighted by atomic mass is 10.1. The fourth-order valence-electron chi connectivity index (χ4n) is 3.53. The van der Waals surface area contributed by atoms with Gasteiger partial charge in [0.2, 0.25) is 5.91 Å². The van der Waals surface area contributed by atoms with Crippen LogP contribution in [0.4, 0.5) is 9.52 Å². The smallest absolute Gasteiger partial charge is 0.233 e. The number of aromatic nitrogens is 1. The number of hydrogen-bond acceptors (Lipinski definition) is 6. The standard InChI is InChI=1S/C23H26FN3O3S/c1-2-30-19-7-8-20-21(16-19)31-23(25-20)27(10-9-26-11-13-29-14-12-26)22(28)15-17-3-5-18(24)6-4-17/h3-8,16H,2,9-15H2,1H3. The highest BCUT2D eigenvalue weighted by atomic mass is 32.1. The van der Waals surface area contributed by atoms with Gasteiger partial charge >= 0.3 is 0 Å². The van der Waals surface area contributed by atoms with Crippen LogP contribution in [0.15, 0.2) is 42.5 Å². The number of benzene rings is 2. The van der Waals surface area contributed by atoms with E-state index in [1.54, 1.807) is 17.0 Å². The molecule has 0 saturated carbocycles. The summed E-state index contributed by atoms with van der Waals surface area (Å²) >= 11 is 1.48. The molecule has 1 aromatic heterocycles. The van der Waals surface area contributed by atoms with Crippen LogP contribution in [-0.4, -0.2) is 61.8 Å². The summed E-state index contributed by atoms with van der Waals surface area (Å²) in [4.78, 5) is 22.0. The number of morpholine rings is 1. The Hall–Kier alpha value is -2.55. The van der Waals surface area contributed by atoms with Crippen molar-refractivity contribution in [1.29, 1.82) is 0 Å². The number of nitrogens with zero attached hydrogens (tertiary/aromatic N) is 3. The third kappa shape index (κ3) is 5.58. The van der Waals surface area contributed by atoms with Crippen LogP contribution in [0.5, 0.6) is 5.75 Å². The molecule has 4 rings (SSSR count). The molecule has 8 heteroatoms. The Bertz CT molecular complexity index is 1020. The van der Waals surface area contributed by atoms with Crippen molar-refractivity contribution >= 4 is 32.6 Å². The summed E-state index contributed by atoms with van der Waals surface area (Å²) in [6.45, 7) is 6.98. The summed E-state index contributed by atoms with van der Waals surface area (Å²) in [6, 6.07) is 11.9. The largest absolute Gasteiger partial charge is 0.494 e. The summed E-state index contributed by atoms with van der Waals surface area (Å²) in [6.07, 6.45) is 0.198. The maximum absolute atomic E-state index is 13.3. The molecule has 0 unspecified atom stereocenters. The second-order valence-electron chi connectivity index (χ2n) is 7.36. The maximum Gasteiger partial charge on any atom is 0.233 e. The van der Waals surface area contributed by atoms with Crippen LogP contribution in [0.2, 0.25) is 0 Å². The molecule has 0 bridgehead atoms. The van der Waals surface area contributed by atoms with Gasteiger partial charge in [0.25, 0.3) is 0 Å². The Labute approximate surface area is 185 Å². The van der Waals surface area contributed by atoms with Crippen LogP contribution in [0.25, 0.3) is 10.2 Å². The van der Waals surface area contributed by atoms with Crippen LogP contribution < -0.4 is 9.64 Å². The first-order valence-electron chi connectivity index (χ1n) is 10.5. The number of fused-ring (bicyclic) bond motifs is 1. The van der Waals surface area contributed by atoms with Crippen molar-refractivity contribution in [1.82, 2.24) is 9.88 Å². The van der Waals surface area contributed by atoms with E-state index in [-0.39, 0.29) is 18.1 Å². The highest BCUT2D eigenvalue weighted by molar-refractivity contribution is 7.22. The molecule has 1 aliphatic heterocycles. The van der Waals surface area contributed by atoms with Crippen molar-refractivity contribution < 1.29 is 18.7 Å². The van der Waals surface area contributed by atoms with Crippen molar-refractivity contribution in [2.45, 2.75) is 13.3 Å². The predicted molar refractivity (Wildman–Crippen MR) is 121 cm³/mol. The van der Waals surface area contributed by atoms with Crippen LogP contribution in [-0.2, 0) is 16.0 Å². The van der Waals surface area contributed by atoms with Crippen LogP contribution >= 0.6 is 11.3 Å². The van der Waals surface area contributed by atoms with Gasteiger partial charge in [0.15, 0.2) is 5.13 Å². The average molecular weight is 444 g/mol. The molecule has 1 saturated heterocycles. The second-order valence-corrected chi connectivity index (χ2v) is 8.37. The number of ether oxygens (including phenoxy) is 2. The number of rotatable bonds is 8. The van der Waals surface area contributed by atoms with Gasteiger partial charge < -0.3 is 9.47 Å². The lowest BCUT2D eigenvalue weighted by molar-refractivity contribution is -0.118. The van der Waals surface area contributed by atoms with Gasteiger partial charge in [-0.3, -0.25) is 14.6 Å². The number of halogens is 1. The molecule has 3 aromatic rings. The highest BCUT2D eigenvalue weighted by Gasteiger charge is 2.22. The molecule has 31 heavy (non-hydrogen) atoms. The molecule has 0 aliphatic carbocycles. The minimum Gasteiger partial charge on any atom is -0.494 e. The SMILES string of the molecule is CCOc1ccc2nc(N(CCN3CCOCC3)C(=O)Cc3ccc(F)cc3)sc2c1. The number of carbonyl (C=O) groups is 1. The Balaban J connectivity index is 1.56. The van der Waals surface area contributed by atoms with E-state index in [0.29, 0.717) is 31.5 Å². The van der Waals surface area contributed by atoms with Crippen LogP contribution in [0.3, 0.4) is 0 Å². The van der Waals surface area contributed by atoms with E-state index >= 15 is 0 Å². The third-order valence-electron chi connectivity index (χ3n) is 5.20. The van der Waals surface area contributed by atoms with Gasteiger partial charge in [0.05, 0.1) is 36.5 Å². The van der Waals surface area contributed by atoms with Crippen molar-refractivity contribution in [3.05, 3.63) is 53.8 Å². The van der Waals surface area contributed by atoms with Crippen LogP contribution in [0, 0.1) is 5.82 Å². The number of anilines is 1. The predicted octanol–water partition coefficient (Wildman–Crippen LogP) is 3.74. The molecule has 1 amide bonds. The summed E-state index contributed by atoms with van der Waals surface area (Å²) in [5.41, 5.74) is 1.62. The molecule has 1 aliphatic rings. The molecule has 0 spiro atoms. The van der Waals surface area contributed by atoms with E-state index in [1.807, 2.05) is 25.1 Å². The molecule has 2 aromatic carbocycles. The Morgan fingerprint density at radius 2 is 2.00 bits per heavy atom. The van der Waals surface area contributed by atoms with E-state index in [1.165, 1.54) is 23.5 Å². The van der Waals surface area contributed by atoms with E-state index in [2.05, 4.69) is 4.90 Å². The lowest BCUT2D eigenvalue weighted by Gasteiger charge is -2.29. The minimum atomic E-state index is -0.309. The highest BCUT2D eigenvalue weighted by Crippen LogP contribution is 2.32. The van der Waals surface area contributed by atoms with Gasteiger partial charge in [-0.2, -0.15) is 0 Å². The van der Waals surface area contributed by atoms with Gasteiger partial charge in [0.1, 0.15) is 11.6 Å². The minimum absolute atomic E-state index is 0.0519. The molecule has 164 valence electrons. The van der Waals surface area contributed by atoms with E-state index < -0.39 is 0 Å². The van der Waals surface area contributed by atoms with Gasteiger partial charge in [0, 0.05) is 26.2 Å². The Morgan fingerprint density at radius 1 is 1.23 bits per heavy atom. The molecule has 6 nitrogen and oxygen atoms in total. The number of thiazole rings is 1. The van der Waals surface area contributed by atoms with E-state index in [0.717, 1.165) is 41.2 Å². The van der Waals surface area contributed by atoms with Crippen LogP contribution in [0.1, 0.15) is 12.5 Å². The molecule has 0 atom stereocenters. The van der Waals surface area contributed by atoms with Crippen molar-refractivity contribution in [3.8, 4) is 5.75 Å². The molecule has 2 heterocycles. The molecular weight excluding hydrogens is 417 g/mol. The van der Waals surface area contributed by atoms with Gasteiger partial charge in [-0.15, -0.1) is 0 Å². The third-order valence-corrected chi connectivity index (χ3v) is 6.24. The lowest BCUT2D eigenvalue weighted by Crippen LogP contribution is -2.43. The number of carbonyl (C=O) groups excluding carboxylic acids is 1. The van der Waals surface area contributed by atoms with Crippen molar-refractivity contribution in [2.75, 3.05) is 50.9 Å². The molecule has 0 radical (unpaired) electrons. The normalized spacial score (nSPS) is 14.6. The fraction of sp³-hybridized carbons (Fsp3) is 0.391. The van der Waals surface area contributed by atoms with Crippen molar-refractivity contribution in [3.63, 3.8) is 0 Å². The van der Waals surface area contributed by atoms with Gasteiger partial charge in [-0.05, 0) is 42.8 Å².